The van der Waals surface area contributed by atoms with Gasteiger partial charge in [-0.1, -0.05) is 48.2 Å². The van der Waals surface area contributed by atoms with Crippen molar-refractivity contribution in [1.82, 2.24) is 10.3 Å². The molecule has 3 aromatic carbocycles. The summed E-state index contributed by atoms with van der Waals surface area (Å²) in [5.41, 5.74) is 3.66. The molecule has 150 valence electrons. The van der Waals surface area contributed by atoms with Gasteiger partial charge in [0.25, 0.3) is 5.91 Å². The normalized spacial score (nSPS) is 12.3. The number of rotatable bonds is 6. The lowest BCUT2D eigenvalue weighted by Crippen LogP contribution is -2.23. The Morgan fingerprint density at radius 1 is 1.03 bits per heavy atom. The van der Waals surface area contributed by atoms with E-state index in [1.165, 1.54) is 4.70 Å². The second-order valence-corrected chi connectivity index (χ2v) is 9.02. The van der Waals surface area contributed by atoms with Crippen LogP contribution in [0.2, 0.25) is 0 Å². The highest BCUT2D eigenvalue weighted by atomic mass is 32.2. The van der Waals surface area contributed by atoms with Crippen LogP contribution in [-0.2, 0) is 12.3 Å². The third-order valence-corrected chi connectivity index (χ3v) is 7.01. The molecule has 5 rings (SSSR count). The average Bonchev–Trinajstić information content (AvgIpc) is 3.42. The fraction of sp³-hybridized carbons (Fsp3) is 0.130. The Labute approximate surface area is 182 Å². The number of fused-ring (bicyclic) bond motifs is 2. The third-order valence-electron chi connectivity index (χ3n) is 4.78. The van der Waals surface area contributed by atoms with E-state index in [1.54, 1.807) is 23.1 Å². The smallest absolute Gasteiger partial charge is 0.251 e. The molecule has 1 aliphatic rings. The van der Waals surface area contributed by atoms with E-state index in [9.17, 15) is 4.79 Å². The number of hydrogen-bond acceptors (Lipinski definition) is 6. The quantitative estimate of drug-likeness (QED) is 0.420. The monoisotopic (exact) mass is 434 g/mol. The van der Waals surface area contributed by atoms with Crippen molar-refractivity contribution >= 4 is 39.2 Å². The molecule has 0 spiro atoms. The number of hydrogen-bond donors (Lipinski definition) is 1. The molecule has 30 heavy (non-hydrogen) atoms. The summed E-state index contributed by atoms with van der Waals surface area (Å²) < 4.78 is 12.9. The first-order chi connectivity index (χ1) is 14.8. The number of carbonyl (C=O) groups excluding carboxylic acids is 1. The molecule has 0 saturated carbocycles. The molecule has 0 aliphatic carbocycles. The molecule has 0 unspecified atom stereocenters. The predicted molar refractivity (Wildman–Crippen MR) is 119 cm³/mol. The Hall–Kier alpha value is -3.03. The van der Waals surface area contributed by atoms with Gasteiger partial charge in [-0.2, -0.15) is 0 Å². The highest BCUT2D eigenvalue weighted by Crippen LogP contribution is 2.33. The van der Waals surface area contributed by atoms with Crippen molar-refractivity contribution in [2.24, 2.45) is 0 Å². The lowest BCUT2D eigenvalue weighted by molar-refractivity contribution is 0.0950. The molecule has 2 heterocycles. The molecular weight excluding hydrogens is 416 g/mol. The van der Waals surface area contributed by atoms with Gasteiger partial charge in [0, 0.05) is 17.9 Å². The predicted octanol–water partition coefficient (Wildman–Crippen LogP) is 5.25. The van der Waals surface area contributed by atoms with E-state index < -0.39 is 0 Å². The SMILES string of the molecule is O=C(NCc1ccc2c(c1)OCO2)c1ccccc1CSc1nc2ccccc2s1. The molecule has 1 amide bonds. The molecule has 1 N–H and O–H groups in total. The van der Waals surface area contributed by atoms with Crippen LogP contribution in [0, 0.1) is 0 Å². The van der Waals surface area contributed by atoms with Crippen molar-refractivity contribution in [3.05, 3.63) is 83.4 Å². The van der Waals surface area contributed by atoms with Crippen LogP contribution in [0.4, 0.5) is 0 Å². The number of thiazole rings is 1. The highest BCUT2D eigenvalue weighted by Gasteiger charge is 2.15. The number of carbonyl (C=O) groups is 1. The molecule has 1 aliphatic heterocycles. The number of nitrogens with zero attached hydrogens (tertiary/aromatic N) is 1. The summed E-state index contributed by atoms with van der Waals surface area (Å²) in [6, 6.07) is 21.5. The fourth-order valence-corrected chi connectivity index (χ4v) is 5.32. The maximum Gasteiger partial charge on any atom is 0.251 e. The van der Waals surface area contributed by atoms with E-state index in [0.29, 0.717) is 17.9 Å². The van der Waals surface area contributed by atoms with Crippen molar-refractivity contribution in [2.45, 2.75) is 16.6 Å². The van der Waals surface area contributed by atoms with Crippen LogP contribution in [0.1, 0.15) is 21.5 Å². The summed E-state index contributed by atoms with van der Waals surface area (Å²) in [5.74, 6) is 2.05. The summed E-state index contributed by atoms with van der Waals surface area (Å²) >= 11 is 3.33. The summed E-state index contributed by atoms with van der Waals surface area (Å²) in [4.78, 5) is 17.5. The number of benzene rings is 3. The number of amides is 1. The Balaban J connectivity index is 1.26. The van der Waals surface area contributed by atoms with Crippen molar-refractivity contribution in [3.63, 3.8) is 0 Å². The zero-order valence-electron chi connectivity index (χ0n) is 16.0. The largest absolute Gasteiger partial charge is 0.454 e. The summed E-state index contributed by atoms with van der Waals surface area (Å²) in [6.07, 6.45) is 0. The van der Waals surface area contributed by atoms with E-state index in [0.717, 1.165) is 32.5 Å². The average molecular weight is 435 g/mol. The minimum Gasteiger partial charge on any atom is -0.454 e. The summed E-state index contributed by atoms with van der Waals surface area (Å²) in [7, 11) is 0. The van der Waals surface area contributed by atoms with Gasteiger partial charge in [0.05, 0.1) is 10.2 Å². The second-order valence-electron chi connectivity index (χ2n) is 6.76. The number of para-hydroxylation sites is 1. The van der Waals surface area contributed by atoms with E-state index >= 15 is 0 Å². The Morgan fingerprint density at radius 2 is 1.87 bits per heavy atom. The van der Waals surface area contributed by atoms with Gasteiger partial charge in [-0.05, 0) is 41.5 Å². The maximum atomic E-state index is 12.8. The first-order valence-electron chi connectivity index (χ1n) is 9.49. The van der Waals surface area contributed by atoms with Gasteiger partial charge in [0.2, 0.25) is 6.79 Å². The number of nitrogens with one attached hydrogen (secondary N) is 1. The molecule has 7 heteroatoms. The van der Waals surface area contributed by atoms with Gasteiger partial charge in [0.1, 0.15) is 0 Å². The molecule has 0 saturated heterocycles. The summed E-state index contributed by atoms with van der Waals surface area (Å²) in [5, 5.41) is 3.01. The minimum absolute atomic E-state index is 0.0897. The van der Waals surface area contributed by atoms with Crippen LogP contribution >= 0.6 is 23.1 Å². The standard InChI is InChI=1S/C23H18N2O3S2/c26-22(24-12-15-9-10-19-20(11-15)28-14-27-19)17-6-2-1-5-16(17)13-29-23-25-18-7-3-4-8-21(18)30-23/h1-11H,12-14H2,(H,24,26). The fourth-order valence-electron chi connectivity index (χ4n) is 3.25. The van der Waals surface area contributed by atoms with Gasteiger partial charge in [0.15, 0.2) is 15.8 Å². The third kappa shape index (κ3) is 3.99. The highest BCUT2D eigenvalue weighted by molar-refractivity contribution is 8.00. The first kappa shape index (κ1) is 19.0. The van der Waals surface area contributed by atoms with E-state index in [1.807, 2.05) is 60.7 Å². The molecule has 5 nitrogen and oxygen atoms in total. The number of ether oxygens (including phenoxy) is 2. The maximum absolute atomic E-state index is 12.8. The van der Waals surface area contributed by atoms with Gasteiger partial charge in [-0.15, -0.1) is 11.3 Å². The molecule has 0 radical (unpaired) electrons. The Bertz CT molecular complexity index is 1190. The molecule has 0 bridgehead atoms. The van der Waals surface area contributed by atoms with E-state index in [2.05, 4.69) is 16.4 Å². The van der Waals surface area contributed by atoms with E-state index in [4.69, 9.17) is 9.47 Å². The van der Waals surface area contributed by atoms with Gasteiger partial charge in [-0.3, -0.25) is 4.79 Å². The topological polar surface area (TPSA) is 60.5 Å². The van der Waals surface area contributed by atoms with Gasteiger partial charge in [-0.25, -0.2) is 4.98 Å². The second kappa shape index (κ2) is 8.38. The van der Waals surface area contributed by atoms with Crippen LogP contribution in [0.15, 0.2) is 71.1 Å². The molecule has 1 aromatic heterocycles. The van der Waals surface area contributed by atoms with E-state index in [-0.39, 0.29) is 12.7 Å². The Morgan fingerprint density at radius 3 is 2.80 bits per heavy atom. The zero-order valence-corrected chi connectivity index (χ0v) is 17.6. The molecule has 0 fully saturated rings. The van der Waals surface area contributed by atoms with Crippen LogP contribution in [0.3, 0.4) is 0 Å². The van der Waals surface area contributed by atoms with Gasteiger partial charge < -0.3 is 14.8 Å². The number of aromatic nitrogens is 1. The van der Waals surface area contributed by atoms with Crippen LogP contribution < -0.4 is 14.8 Å². The van der Waals surface area contributed by atoms with Crippen molar-refractivity contribution in [2.75, 3.05) is 6.79 Å². The lowest BCUT2D eigenvalue weighted by atomic mass is 10.1. The Kier molecular flexibility index (Phi) is 5.29. The van der Waals surface area contributed by atoms with Crippen molar-refractivity contribution in [1.29, 1.82) is 0 Å². The van der Waals surface area contributed by atoms with Crippen LogP contribution in [-0.4, -0.2) is 17.7 Å². The molecule has 4 aromatic rings. The minimum atomic E-state index is -0.0897. The lowest BCUT2D eigenvalue weighted by Gasteiger charge is -2.10. The summed E-state index contributed by atoms with van der Waals surface area (Å²) in [6.45, 7) is 0.666. The zero-order chi connectivity index (χ0) is 20.3. The van der Waals surface area contributed by atoms with Crippen molar-refractivity contribution in [3.8, 4) is 11.5 Å². The molecular formula is C23H18N2O3S2. The van der Waals surface area contributed by atoms with Crippen molar-refractivity contribution < 1.29 is 14.3 Å². The number of thioether (sulfide) groups is 1. The van der Waals surface area contributed by atoms with Crippen LogP contribution in [0.5, 0.6) is 11.5 Å². The van der Waals surface area contributed by atoms with Gasteiger partial charge >= 0.3 is 0 Å². The first-order valence-corrected chi connectivity index (χ1v) is 11.3. The van der Waals surface area contributed by atoms with Crippen LogP contribution in [0.25, 0.3) is 10.2 Å². The molecule has 0 atom stereocenters.